The summed E-state index contributed by atoms with van der Waals surface area (Å²) in [6.07, 6.45) is 0.864. The van der Waals surface area contributed by atoms with Crippen LogP contribution in [0, 0.1) is 6.92 Å². The zero-order chi connectivity index (χ0) is 7.40. The van der Waals surface area contributed by atoms with Crippen LogP contribution in [0.25, 0.3) is 0 Å². The summed E-state index contributed by atoms with van der Waals surface area (Å²) in [7, 11) is 0. The monoisotopic (exact) mass is 190 g/mol. The molecule has 1 rings (SSSR count). The van der Waals surface area contributed by atoms with E-state index in [-0.39, 0.29) is 12.4 Å². The van der Waals surface area contributed by atoms with Crippen LogP contribution in [0.3, 0.4) is 0 Å². The number of hydrogen-bond donors (Lipinski definition) is 0. The molecule has 0 aliphatic rings. The minimum absolute atomic E-state index is 0. The fourth-order valence-electron chi connectivity index (χ4n) is 0.836. The Hall–Kier alpha value is -0.270. The van der Waals surface area contributed by atoms with Crippen molar-refractivity contribution < 1.29 is 12.4 Å². The maximum Gasteiger partial charge on any atom is 0.0418 e. The third-order valence-electron chi connectivity index (χ3n) is 1.30. The van der Waals surface area contributed by atoms with E-state index in [1.165, 1.54) is 0 Å². The van der Waals surface area contributed by atoms with Crippen LogP contribution in [-0.4, -0.2) is 10.9 Å². The highest BCUT2D eigenvalue weighted by molar-refractivity contribution is 6.17. The molecular weight excluding hydrogens is 181 g/mol. The zero-order valence-corrected chi connectivity index (χ0v) is 7.86. The molecule has 11 heavy (non-hydrogen) atoms. The first-order valence-corrected chi connectivity index (χ1v) is 3.85. The fraction of sp³-hybridized carbons (Fsp3) is 0.375. The SMILES string of the molecule is Cc1cccc(CCCl)n1.[Cl-]. The second-order valence-corrected chi connectivity index (χ2v) is 2.59. The van der Waals surface area contributed by atoms with Crippen molar-refractivity contribution in [3.8, 4) is 0 Å². The predicted octanol–water partition coefficient (Wildman–Crippen LogP) is -0.825. The van der Waals surface area contributed by atoms with Gasteiger partial charge in [-0.1, -0.05) is 6.07 Å². The Bertz CT molecular complexity index is 213. The van der Waals surface area contributed by atoms with E-state index in [1.807, 2.05) is 25.1 Å². The average Bonchev–Trinajstić information content (AvgIpc) is 1.88. The van der Waals surface area contributed by atoms with E-state index >= 15 is 0 Å². The first-order valence-electron chi connectivity index (χ1n) is 3.31. The van der Waals surface area contributed by atoms with Gasteiger partial charge in [-0.05, 0) is 19.1 Å². The van der Waals surface area contributed by atoms with Crippen molar-refractivity contribution in [3.63, 3.8) is 0 Å². The van der Waals surface area contributed by atoms with E-state index in [0.29, 0.717) is 5.88 Å². The molecule has 0 N–H and O–H groups in total. The van der Waals surface area contributed by atoms with E-state index in [9.17, 15) is 0 Å². The lowest BCUT2D eigenvalue weighted by molar-refractivity contribution is -0.00000220. The van der Waals surface area contributed by atoms with Crippen molar-refractivity contribution in [2.75, 3.05) is 5.88 Å². The number of halogens is 2. The third-order valence-corrected chi connectivity index (χ3v) is 1.49. The second kappa shape index (κ2) is 5.39. The molecule has 0 aliphatic heterocycles. The molecule has 0 fully saturated rings. The van der Waals surface area contributed by atoms with E-state index in [1.54, 1.807) is 0 Å². The van der Waals surface area contributed by atoms with Crippen molar-refractivity contribution in [2.24, 2.45) is 0 Å². The molecule has 1 aromatic heterocycles. The van der Waals surface area contributed by atoms with Crippen LogP contribution >= 0.6 is 11.6 Å². The molecule has 0 aliphatic carbocycles. The molecule has 0 atom stereocenters. The number of rotatable bonds is 2. The Morgan fingerprint density at radius 2 is 2.18 bits per heavy atom. The first-order chi connectivity index (χ1) is 4.83. The molecule has 3 heteroatoms. The molecule has 0 aromatic carbocycles. The van der Waals surface area contributed by atoms with Crippen molar-refractivity contribution in [2.45, 2.75) is 13.3 Å². The Morgan fingerprint density at radius 3 is 2.73 bits per heavy atom. The molecule has 0 spiro atoms. The maximum atomic E-state index is 5.55. The molecule has 0 unspecified atom stereocenters. The normalized spacial score (nSPS) is 8.91. The van der Waals surface area contributed by atoms with Gasteiger partial charge in [0.15, 0.2) is 0 Å². The summed E-state index contributed by atoms with van der Waals surface area (Å²) in [5.41, 5.74) is 2.14. The Balaban J connectivity index is 0.000001000. The number of hydrogen-bond acceptors (Lipinski definition) is 1. The van der Waals surface area contributed by atoms with Crippen molar-refractivity contribution in [3.05, 3.63) is 29.6 Å². The Morgan fingerprint density at radius 1 is 1.45 bits per heavy atom. The topological polar surface area (TPSA) is 12.9 Å². The molecule has 1 nitrogen and oxygen atoms in total. The molecule has 0 bridgehead atoms. The predicted molar refractivity (Wildman–Crippen MR) is 43.4 cm³/mol. The lowest BCUT2D eigenvalue weighted by atomic mass is 10.3. The summed E-state index contributed by atoms with van der Waals surface area (Å²) in [6, 6.07) is 5.98. The van der Waals surface area contributed by atoms with Gasteiger partial charge in [-0.3, -0.25) is 4.98 Å². The quantitative estimate of drug-likeness (QED) is 0.556. The van der Waals surface area contributed by atoms with Crippen LogP contribution in [0.2, 0.25) is 0 Å². The van der Waals surface area contributed by atoms with Crippen LogP contribution < -0.4 is 12.4 Å². The van der Waals surface area contributed by atoms with Gasteiger partial charge in [-0.2, -0.15) is 0 Å². The van der Waals surface area contributed by atoms with Crippen LogP contribution in [-0.2, 0) is 6.42 Å². The van der Waals surface area contributed by atoms with E-state index in [0.717, 1.165) is 17.8 Å². The van der Waals surface area contributed by atoms with Gasteiger partial charge in [-0.25, -0.2) is 0 Å². The van der Waals surface area contributed by atoms with E-state index in [4.69, 9.17) is 11.6 Å². The molecule has 1 aromatic rings. The number of nitrogens with zero attached hydrogens (tertiary/aromatic N) is 1. The number of aromatic nitrogens is 1. The number of pyridine rings is 1. The standard InChI is InChI=1S/C8H10ClN.ClH/c1-7-3-2-4-8(10-7)5-6-9;/h2-4H,5-6H2,1H3;1H/p-1. The summed E-state index contributed by atoms with van der Waals surface area (Å²) < 4.78 is 0. The van der Waals surface area contributed by atoms with Gasteiger partial charge >= 0.3 is 0 Å². The van der Waals surface area contributed by atoms with Gasteiger partial charge in [0.1, 0.15) is 0 Å². The number of alkyl halides is 1. The number of aryl methyl sites for hydroxylation is 2. The molecule has 0 saturated carbocycles. The van der Waals surface area contributed by atoms with Crippen LogP contribution in [0.15, 0.2) is 18.2 Å². The van der Waals surface area contributed by atoms with Crippen LogP contribution in [0.1, 0.15) is 11.4 Å². The van der Waals surface area contributed by atoms with E-state index in [2.05, 4.69) is 4.98 Å². The summed E-state index contributed by atoms with van der Waals surface area (Å²) in [5.74, 6) is 0.649. The molecular formula is C8H10Cl2N-. The average molecular weight is 191 g/mol. The van der Waals surface area contributed by atoms with Gasteiger partial charge in [-0.15, -0.1) is 11.6 Å². The largest absolute Gasteiger partial charge is 1.00 e. The maximum absolute atomic E-state index is 5.55. The summed E-state index contributed by atoms with van der Waals surface area (Å²) in [5, 5.41) is 0. The van der Waals surface area contributed by atoms with Crippen molar-refractivity contribution >= 4 is 11.6 Å². The van der Waals surface area contributed by atoms with Gasteiger partial charge in [0, 0.05) is 23.7 Å². The molecule has 1 heterocycles. The van der Waals surface area contributed by atoms with Crippen molar-refractivity contribution in [1.29, 1.82) is 0 Å². The Kier molecular flexibility index (Phi) is 5.26. The third kappa shape index (κ3) is 3.59. The minimum atomic E-state index is 0. The molecule has 0 amide bonds. The smallest absolute Gasteiger partial charge is 0.0418 e. The highest BCUT2D eigenvalue weighted by atomic mass is 35.5. The van der Waals surface area contributed by atoms with E-state index < -0.39 is 0 Å². The molecule has 62 valence electrons. The minimum Gasteiger partial charge on any atom is -1.00 e. The Labute approximate surface area is 78.2 Å². The highest BCUT2D eigenvalue weighted by Gasteiger charge is 1.91. The highest BCUT2D eigenvalue weighted by Crippen LogP contribution is 1.99. The molecule has 0 radical (unpaired) electrons. The van der Waals surface area contributed by atoms with Gasteiger partial charge in [0.2, 0.25) is 0 Å². The first kappa shape index (κ1) is 10.7. The lowest BCUT2D eigenvalue weighted by Gasteiger charge is -1.96. The lowest BCUT2D eigenvalue weighted by Crippen LogP contribution is -3.00. The molecule has 0 saturated heterocycles. The van der Waals surface area contributed by atoms with Crippen LogP contribution in [0.4, 0.5) is 0 Å². The summed E-state index contributed by atoms with van der Waals surface area (Å²) in [6.45, 7) is 1.98. The zero-order valence-electron chi connectivity index (χ0n) is 6.35. The van der Waals surface area contributed by atoms with Gasteiger partial charge in [0.05, 0.1) is 0 Å². The van der Waals surface area contributed by atoms with Crippen LogP contribution in [0.5, 0.6) is 0 Å². The van der Waals surface area contributed by atoms with Crippen molar-refractivity contribution in [1.82, 2.24) is 4.98 Å². The van der Waals surface area contributed by atoms with Gasteiger partial charge < -0.3 is 12.4 Å². The fourth-order valence-corrected chi connectivity index (χ4v) is 1.03. The second-order valence-electron chi connectivity index (χ2n) is 2.21. The summed E-state index contributed by atoms with van der Waals surface area (Å²) >= 11 is 5.55. The van der Waals surface area contributed by atoms with Gasteiger partial charge in [0.25, 0.3) is 0 Å². The summed E-state index contributed by atoms with van der Waals surface area (Å²) in [4.78, 5) is 4.28.